The zero-order valence-corrected chi connectivity index (χ0v) is 14.5. The molecule has 1 saturated heterocycles. The molecule has 3 nitrogen and oxygen atoms in total. The summed E-state index contributed by atoms with van der Waals surface area (Å²) in [7, 11) is 0. The highest BCUT2D eigenvalue weighted by molar-refractivity contribution is 8.00. The summed E-state index contributed by atoms with van der Waals surface area (Å²) in [4.78, 5) is 14.7. The third-order valence-electron chi connectivity index (χ3n) is 4.65. The molecule has 2 aliphatic rings. The van der Waals surface area contributed by atoms with Crippen molar-refractivity contribution in [2.45, 2.75) is 57.1 Å². The van der Waals surface area contributed by atoms with Crippen LogP contribution in [0.1, 0.15) is 52.4 Å². The van der Waals surface area contributed by atoms with Gasteiger partial charge in [0, 0.05) is 30.0 Å². The number of halogens is 1. The van der Waals surface area contributed by atoms with E-state index in [9.17, 15) is 4.79 Å². The normalized spacial score (nSPS) is 24.9. The molecule has 1 aliphatic heterocycles. The summed E-state index contributed by atoms with van der Waals surface area (Å²) < 4.78 is 0.205. The average Bonchev–Trinajstić information content (AvgIpc) is 2.38. The van der Waals surface area contributed by atoms with E-state index in [1.807, 2.05) is 11.8 Å². The summed E-state index contributed by atoms with van der Waals surface area (Å²) in [5.74, 6) is 1.40. The lowest BCUT2D eigenvalue weighted by Gasteiger charge is -2.41. The summed E-state index contributed by atoms with van der Waals surface area (Å²) in [6.07, 6.45) is 6.74. The van der Waals surface area contributed by atoms with Crippen molar-refractivity contribution >= 4 is 30.1 Å². The summed E-state index contributed by atoms with van der Waals surface area (Å²) in [5, 5.41) is 0. The van der Waals surface area contributed by atoms with Gasteiger partial charge in [-0.15, -0.1) is 12.4 Å². The van der Waals surface area contributed by atoms with Crippen molar-refractivity contribution in [2.24, 2.45) is 11.1 Å². The summed E-state index contributed by atoms with van der Waals surface area (Å²) >= 11 is 1.97. The minimum absolute atomic E-state index is 0. The van der Waals surface area contributed by atoms with Crippen molar-refractivity contribution in [3.8, 4) is 0 Å². The van der Waals surface area contributed by atoms with Crippen LogP contribution in [0.3, 0.4) is 0 Å². The van der Waals surface area contributed by atoms with Gasteiger partial charge in [0.2, 0.25) is 5.91 Å². The van der Waals surface area contributed by atoms with E-state index in [1.165, 1.54) is 19.3 Å². The molecule has 1 amide bonds. The van der Waals surface area contributed by atoms with Crippen LogP contribution in [0.15, 0.2) is 0 Å². The first-order valence-electron chi connectivity index (χ1n) is 7.58. The molecular formula is C15H29ClN2OS. The Morgan fingerprint density at radius 3 is 2.45 bits per heavy atom. The van der Waals surface area contributed by atoms with Crippen molar-refractivity contribution in [3.63, 3.8) is 0 Å². The number of amides is 1. The Balaban J connectivity index is 0.00000200. The van der Waals surface area contributed by atoms with Gasteiger partial charge in [-0.2, -0.15) is 11.8 Å². The first-order chi connectivity index (χ1) is 8.96. The smallest absolute Gasteiger partial charge is 0.223 e. The molecule has 0 radical (unpaired) electrons. The van der Waals surface area contributed by atoms with Gasteiger partial charge in [-0.05, 0) is 38.6 Å². The van der Waals surface area contributed by atoms with Gasteiger partial charge >= 0.3 is 0 Å². The highest BCUT2D eigenvalue weighted by Crippen LogP contribution is 2.39. The zero-order valence-electron chi connectivity index (χ0n) is 12.8. The molecule has 20 heavy (non-hydrogen) atoms. The molecule has 2 fully saturated rings. The van der Waals surface area contributed by atoms with E-state index in [2.05, 4.69) is 18.7 Å². The summed E-state index contributed by atoms with van der Waals surface area (Å²) in [6, 6.07) is 0. The molecule has 118 valence electrons. The fourth-order valence-electron chi connectivity index (χ4n) is 3.42. The maximum Gasteiger partial charge on any atom is 0.223 e. The van der Waals surface area contributed by atoms with Gasteiger partial charge in [-0.1, -0.05) is 19.3 Å². The van der Waals surface area contributed by atoms with Crippen molar-refractivity contribution in [1.82, 2.24) is 4.90 Å². The van der Waals surface area contributed by atoms with Gasteiger partial charge in [0.25, 0.3) is 0 Å². The van der Waals surface area contributed by atoms with Crippen LogP contribution in [-0.2, 0) is 4.79 Å². The maximum absolute atomic E-state index is 12.6. The minimum atomic E-state index is 0. The predicted octanol–water partition coefficient (Wildman–Crippen LogP) is 3.06. The van der Waals surface area contributed by atoms with Crippen LogP contribution in [0, 0.1) is 5.41 Å². The van der Waals surface area contributed by atoms with Crippen LogP contribution in [0.2, 0.25) is 0 Å². The number of carbonyl (C=O) groups excluding carboxylic acids is 1. The van der Waals surface area contributed by atoms with Gasteiger partial charge in [-0.3, -0.25) is 4.79 Å². The number of nitrogens with zero attached hydrogens (tertiary/aromatic N) is 1. The molecular weight excluding hydrogens is 292 g/mol. The predicted molar refractivity (Wildman–Crippen MR) is 89.6 cm³/mol. The largest absolute Gasteiger partial charge is 0.340 e. The molecule has 2 N–H and O–H groups in total. The van der Waals surface area contributed by atoms with E-state index in [1.54, 1.807) is 0 Å². The molecule has 2 rings (SSSR count). The lowest BCUT2D eigenvalue weighted by atomic mass is 9.71. The Bertz CT molecular complexity index is 330. The second-order valence-corrected chi connectivity index (χ2v) is 8.67. The Kier molecular flexibility index (Phi) is 6.68. The van der Waals surface area contributed by atoms with E-state index in [0.717, 1.165) is 31.7 Å². The number of hydrogen-bond acceptors (Lipinski definition) is 3. The Hall–Kier alpha value is 0.0700. The van der Waals surface area contributed by atoms with E-state index in [4.69, 9.17) is 5.73 Å². The number of thioether (sulfide) groups is 1. The fourth-order valence-corrected chi connectivity index (χ4v) is 4.53. The first kappa shape index (κ1) is 18.1. The molecule has 0 bridgehead atoms. The van der Waals surface area contributed by atoms with Gasteiger partial charge in [0.1, 0.15) is 0 Å². The van der Waals surface area contributed by atoms with E-state index in [-0.39, 0.29) is 22.6 Å². The topological polar surface area (TPSA) is 46.3 Å². The quantitative estimate of drug-likeness (QED) is 0.869. The SMILES string of the molecule is CC1(C)CN(C(=O)CC2(CN)CCCCC2)CCS1.Cl. The number of carbonyl (C=O) groups is 1. The third-order valence-corrected chi connectivity index (χ3v) is 5.95. The molecule has 1 heterocycles. The van der Waals surface area contributed by atoms with Crippen LogP contribution in [0.5, 0.6) is 0 Å². The first-order valence-corrected chi connectivity index (χ1v) is 8.57. The van der Waals surface area contributed by atoms with E-state index in [0.29, 0.717) is 18.9 Å². The summed E-state index contributed by atoms with van der Waals surface area (Å²) in [6.45, 7) is 6.93. The Morgan fingerprint density at radius 1 is 1.25 bits per heavy atom. The highest BCUT2D eigenvalue weighted by atomic mass is 35.5. The second-order valence-electron chi connectivity index (χ2n) is 6.87. The minimum Gasteiger partial charge on any atom is -0.340 e. The lowest BCUT2D eigenvalue weighted by Crippen LogP contribution is -2.48. The van der Waals surface area contributed by atoms with Crippen molar-refractivity contribution < 1.29 is 4.79 Å². The van der Waals surface area contributed by atoms with Crippen LogP contribution in [0.4, 0.5) is 0 Å². The number of rotatable bonds is 3. The van der Waals surface area contributed by atoms with Crippen molar-refractivity contribution in [2.75, 3.05) is 25.4 Å². The van der Waals surface area contributed by atoms with Crippen LogP contribution < -0.4 is 5.73 Å². The Labute approximate surface area is 133 Å². The summed E-state index contributed by atoms with van der Waals surface area (Å²) in [5.41, 5.74) is 6.10. The average molecular weight is 321 g/mol. The third kappa shape index (κ3) is 4.54. The van der Waals surface area contributed by atoms with E-state index >= 15 is 0 Å². The van der Waals surface area contributed by atoms with Crippen LogP contribution >= 0.6 is 24.2 Å². The second kappa shape index (κ2) is 7.37. The highest BCUT2D eigenvalue weighted by Gasteiger charge is 2.36. The van der Waals surface area contributed by atoms with Gasteiger partial charge in [-0.25, -0.2) is 0 Å². The van der Waals surface area contributed by atoms with E-state index < -0.39 is 0 Å². The molecule has 0 unspecified atom stereocenters. The monoisotopic (exact) mass is 320 g/mol. The molecule has 0 atom stereocenters. The molecule has 5 heteroatoms. The zero-order chi connectivity index (χ0) is 13.9. The molecule has 0 spiro atoms. The lowest BCUT2D eigenvalue weighted by molar-refractivity contribution is -0.134. The molecule has 0 aromatic carbocycles. The van der Waals surface area contributed by atoms with Crippen LogP contribution in [0.25, 0.3) is 0 Å². The molecule has 1 aliphatic carbocycles. The van der Waals surface area contributed by atoms with Gasteiger partial charge in [0.05, 0.1) is 0 Å². The molecule has 0 aromatic rings. The van der Waals surface area contributed by atoms with Gasteiger partial charge in [0.15, 0.2) is 0 Å². The Morgan fingerprint density at radius 2 is 1.90 bits per heavy atom. The number of nitrogens with two attached hydrogens (primary N) is 1. The fraction of sp³-hybridized carbons (Fsp3) is 0.933. The molecule has 0 aromatic heterocycles. The van der Waals surface area contributed by atoms with Crippen LogP contribution in [-0.4, -0.2) is 40.9 Å². The van der Waals surface area contributed by atoms with Crippen molar-refractivity contribution in [1.29, 1.82) is 0 Å². The standard InChI is InChI=1S/C15H28N2OS.ClH/c1-14(2)12-17(8-9-19-14)13(18)10-15(11-16)6-4-3-5-7-15;/h3-12,16H2,1-2H3;1H. The maximum atomic E-state index is 12.6. The molecule has 1 saturated carbocycles. The van der Waals surface area contributed by atoms with Gasteiger partial charge < -0.3 is 10.6 Å². The number of hydrogen-bond donors (Lipinski definition) is 1. The van der Waals surface area contributed by atoms with Crippen molar-refractivity contribution in [3.05, 3.63) is 0 Å².